The van der Waals surface area contributed by atoms with Crippen LogP contribution in [0.5, 0.6) is 11.5 Å². The molecular weight excluding hydrogens is 572 g/mol. The maximum atomic E-state index is 11.5. The van der Waals surface area contributed by atoms with Crippen molar-refractivity contribution in [3.8, 4) is 11.5 Å². The Kier molecular flexibility index (Phi) is 20.8. The normalized spacial score (nSPS) is 11.6. The van der Waals surface area contributed by atoms with Crippen molar-refractivity contribution in [2.45, 2.75) is 79.1 Å². The zero-order chi connectivity index (χ0) is 29.3. The van der Waals surface area contributed by atoms with Crippen molar-refractivity contribution in [1.29, 1.82) is 0 Å². The molecule has 0 amide bonds. The fraction of sp³-hybridized carbons (Fsp3) is 0.571. The van der Waals surface area contributed by atoms with E-state index in [1.165, 1.54) is 0 Å². The summed E-state index contributed by atoms with van der Waals surface area (Å²) < 4.78 is 42.5. The van der Waals surface area contributed by atoms with Crippen LogP contribution < -0.4 is 78.4 Å². The number of hydrogen-bond donors (Lipinski definition) is 0. The van der Waals surface area contributed by atoms with Crippen molar-refractivity contribution < 1.29 is 96.6 Å². The van der Waals surface area contributed by atoms with Crippen LogP contribution in [-0.2, 0) is 18.2 Å². The first-order valence-corrected chi connectivity index (χ1v) is 16.8. The van der Waals surface area contributed by atoms with Crippen LogP contribution in [-0.4, -0.2) is 26.9 Å². The molecule has 12 heteroatoms. The molecule has 0 unspecified atom stereocenters. The van der Waals surface area contributed by atoms with Crippen molar-refractivity contribution in [3.05, 3.63) is 58.7 Å². The molecule has 216 valence electrons. The molecule has 0 aliphatic rings. The molecule has 0 aliphatic carbocycles. The molecule has 0 aromatic heterocycles. The van der Waals surface area contributed by atoms with E-state index in [-0.39, 0.29) is 77.7 Å². The van der Waals surface area contributed by atoms with Crippen LogP contribution in [0.4, 0.5) is 0 Å². The molecular formula is C28H44Na2O8P2. The van der Waals surface area contributed by atoms with E-state index in [0.717, 1.165) is 28.0 Å². The first kappa shape index (κ1) is 42.5. The second-order valence-corrected chi connectivity index (χ2v) is 14.5. The third kappa shape index (κ3) is 15.7. The fourth-order valence-corrected chi connectivity index (χ4v) is 4.15. The van der Waals surface area contributed by atoms with Crippen molar-refractivity contribution in [2.24, 2.45) is 0 Å². The molecule has 0 aliphatic heterocycles. The molecule has 0 bridgehead atoms. The largest absolute Gasteiger partial charge is 1.00 e. The summed E-state index contributed by atoms with van der Waals surface area (Å²) in [5.74, 6) is 2.68. The number of benzene rings is 2. The zero-order valence-electron chi connectivity index (χ0n) is 26.3. The Morgan fingerprint density at radius 3 is 1.10 bits per heavy atom. The molecule has 0 saturated carbocycles. The first-order chi connectivity index (χ1) is 17.4. The van der Waals surface area contributed by atoms with Crippen molar-refractivity contribution in [3.63, 3.8) is 0 Å². The van der Waals surface area contributed by atoms with E-state index in [1.54, 1.807) is 13.3 Å². The average Bonchev–Trinajstić information content (AvgIpc) is 2.77. The smallest absolute Gasteiger partial charge is 0.790 e. The summed E-state index contributed by atoms with van der Waals surface area (Å²) in [5, 5.41) is 0. The summed E-state index contributed by atoms with van der Waals surface area (Å²) in [6.45, 7) is 19.2. The van der Waals surface area contributed by atoms with Gasteiger partial charge in [0.1, 0.15) is 11.5 Å². The topological polar surface area (TPSA) is 117 Å². The molecule has 8 nitrogen and oxygen atoms in total. The average molecular weight is 617 g/mol. The maximum Gasteiger partial charge on any atom is 1.00 e. The van der Waals surface area contributed by atoms with Crippen LogP contribution in [0.3, 0.4) is 0 Å². The monoisotopic (exact) mass is 616 g/mol. The molecule has 0 heterocycles. The second kappa shape index (κ2) is 19.6. The minimum Gasteiger partial charge on any atom is -0.790 e. The number of ether oxygens (including phenoxy) is 2. The van der Waals surface area contributed by atoms with Gasteiger partial charge in [0, 0.05) is 13.3 Å². The SMILES string of the molecule is CC(C)c1cccc(C(C)C)c1OCOP(=O)([O-])[O-].CC(C)c1cccc(C(C)C)c1OCOP(C)(C)=O.[Na+].[Na+]. The molecule has 2 aromatic carbocycles. The standard InChI is InChI=1S/C15H25O3P.C13H21O5P.2Na/c1-11(2)13-8-7-9-14(12(3)4)15(13)17-10-18-19(5,6)16;1-9(2)11-6-5-7-12(10(3)4)13(11)17-8-18-19(14,15)16;;/h7-9,11-12H,10H2,1-6H3;5-7,9-10H,8H2,1-4H3,(H2,14,15,16);;/q;;2*+1/p-2. The second-order valence-electron chi connectivity index (χ2n) is 10.6. The van der Waals surface area contributed by atoms with Gasteiger partial charge in [-0.1, -0.05) is 91.8 Å². The molecule has 0 fully saturated rings. The van der Waals surface area contributed by atoms with Gasteiger partial charge >= 0.3 is 59.1 Å². The van der Waals surface area contributed by atoms with E-state index in [0.29, 0.717) is 17.6 Å². The predicted octanol–water partition coefficient (Wildman–Crippen LogP) is 0.947. The van der Waals surface area contributed by atoms with Gasteiger partial charge in [0.05, 0.1) is 7.82 Å². The number of phosphoric acid groups is 1. The van der Waals surface area contributed by atoms with Gasteiger partial charge in [0.15, 0.2) is 21.0 Å². The third-order valence-electron chi connectivity index (χ3n) is 5.62. The Bertz CT molecular complexity index is 971. The Morgan fingerprint density at radius 1 is 0.600 bits per heavy atom. The molecule has 0 spiro atoms. The van der Waals surface area contributed by atoms with Crippen molar-refractivity contribution in [2.75, 3.05) is 26.9 Å². The summed E-state index contributed by atoms with van der Waals surface area (Å²) in [4.78, 5) is 20.9. The Morgan fingerprint density at radius 2 is 0.875 bits per heavy atom. The van der Waals surface area contributed by atoms with Crippen LogP contribution in [0.1, 0.15) is 101 Å². The summed E-state index contributed by atoms with van der Waals surface area (Å²) in [7, 11) is -7.51. The van der Waals surface area contributed by atoms with Gasteiger partial charge in [-0.25, -0.2) is 0 Å². The minimum absolute atomic E-state index is 0. The molecule has 2 rings (SSSR count). The van der Waals surface area contributed by atoms with Gasteiger partial charge in [-0.3, -0.25) is 9.09 Å². The van der Waals surface area contributed by atoms with Crippen molar-refractivity contribution in [1.82, 2.24) is 0 Å². The van der Waals surface area contributed by atoms with Gasteiger partial charge in [0.25, 0.3) is 0 Å². The van der Waals surface area contributed by atoms with E-state index in [1.807, 2.05) is 45.9 Å². The van der Waals surface area contributed by atoms with E-state index in [9.17, 15) is 18.9 Å². The minimum atomic E-state index is -5.01. The molecule has 40 heavy (non-hydrogen) atoms. The van der Waals surface area contributed by atoms with Crippen LogP contribution in [0.2, 0.25) is 0 Å². The van der Waals surface area contributed by atoms with Crippen LogP contribution >= 0.6 is 15.2 Å². The molecule has 0 radical (unpaired) electrons. The zero-order valence-corrected chi connectivity index (χ0v) is 32.1. The molecule has 2 aromatic rings. The number of phosphoric ester groups is 1. The Balaban J connectivity index is 0. The quantitative estimate of drug-likeness (QED) is 0.197. The van der Waals surface area contributed by atoms with Gasteiger partial charge in [0.2, 0.25) is 0 Å². The number of hydrogen-bond acceptors (Lipinski definition) is 8. The summed E-state index contributed by atoms with van der Waals surface area (Å²) in [5.41, 5.74) is 4.25. The third-order valence-corrected chi connectivity index (χ3v) is 6.77. The summed E-state index contributed by atoms with van der Waals surface area (Å²) in [6.07, 6.45) is 0. The van der Waals surface area contributed by atoms with E-state index < -0.39 is 22.0 Å². The van der Waals surface area contributed by atoms with Crippen LogP contribution in [0.15, 0.2) is 36.4 Å². The van der Waals surface area contributed by atoms with Gasteiger partial charge in [-0.05, 0) is 45.9 Å². The van der Waals surface area contributed by atoms with Gasteiger partial charge < -0.3 is 28.3 Å². The summed E-state index contributed by atoms with van der Waals surface area (Å²) in [6, 6.07) is 12.0. The number of rotatable bonds is 12. The summed E-state index contributed by atoms with van der Waals surface area (Å²) >= 11 is 0. The van der Waals surface area contributed by atoms with Crippen molar-refractivity contribution >= 4 is 15.2 Å². The Hall–Kier alpha value is 0.340. The molecule has 0 N–H and O–H groups in total. The van der Waals surface area contributed by atoms with E-state index in [2.05, 4.69) is 50.4 Å². The molecule has 0 atom stereocenters. The van der Waals surface area contributed by atoms with Crippen LogP contribution in [0, 0.1) is 0 Å². The van der Waals surface area contributed by atoms with E-state index in [4.69, 9.17) is 14.0 Å². The fourth-order valence-electron chi connectivity index (χ4n) is 3.66. The molecule has 0 saturated heterocycles. The van der Waals surface area contributed by atoms with Gasteiger partial charge in [-0.15, -0.1) is 0 Å². The van der Waals surface area contributed by atoms with Gasteiger partial charge in [-0.2, -0.15) is 0 Å². The predicted molar refractivity (Wildman–Crippen MR) is 149 cm³/mol. The first-order valence-electron chi connectivity index (χ1n) is 12.8. The van der Waals surface area contributed by atoms with Crippen LogP contribution in [0.25, 0.3) is 0 Å². The number of para-hydroxylation sites is 2. The maximum absolute atomic E-state index is 11.5. The van der Waals surface area contributed by atoms with E-state index >= 15 is 0 Å². The Labute approximate surface area is 285 Å².